The summed E-state index contributed by atoms with van der Waals surface area (Å²) in [5.41, 5.74) is 9.83. The van der Waals surface area contributed by atoms with Crippen LogP contribution < -0.4 is 5.73 Å². The van der Waals surface area contributed by atoms with Gasteiger partial charge in [-0.3, -0.25) is 4.90 Å². The highest BCUT2D eigenvalue weighted by atomic mass is 15.2. The molecule has 0 spiro atoms. The molecular weight excluding hydrogens is 256 g/mol. The lowest BCUT2D eigenvalue weighted by atomic mass is 9.77. The van der Waals surface area contributed by atoms with Gasteiger partial charge in [-0.05, 0) is 68.2 Å². The molecule has 2 atom stereocenters. The molecule has 0 heterocycles. The largest absolute Gasteiger partial charge is 0.329 e. The van der Waals surface area contributed by atoms with Crippen molar-refractivity contribution < 1.29 is 0 Å². The van der Waals surface area contributed by atoms with Crippen LogP contribution in [-0.4, -0.2) is 30.1 Å². The molecule has 116 valence electrons. The van der Waals surface area contributed by atoms with Crippen LogP contribution in [-0.2, 0) is 12.8 Å². The van der Waals surface area contributed by atoms with Crippen LogP contribution in [0, 0.1) is 11.8 Å². The van der Waals surface area contributed by atoms with Crippen molar-refractivity contribution in [1.29, 1.82) is 0 Å². The summed E-state index contributed by atoms with van der Waals surface area (Å²) in [4.78, 5) is 2.72. The fourth-order valence-corrected chi connectivity index (χ4v) is 5.19. The molecule has 1 aromatic rings. The van der Waals surface area contributed by atoms with Gasteiger partial charge in [-0.2, -0.15) is 0 Å². The van der Waals surface area contributed by atoms with Crippen molar-refractivity contribution in [2.45, 2.75) is 51.5 Å². The molecule has 0 aliphatic heterocycles. The number of nitrogens with two attached hydrogens (primary N) is 1. The topological polar surface area (TPSA) is 29.3 Å². The highest BCUT2D eigenvalue weighted by molar-refractivity contribution is 5.32. The fourth-order valence-electron chi connectivity index (χ4n) is 5.19. The van der Waals surface area contributed by atoms with E-state index in [1.165, 1.54) is 38.6 Å². The Bertz CT molecular complexity index is 449. The number of fused-ring (bicyclic) bond motifs is 3. The van der Waals surface area contributed by atoms with Crippen molar-refractivity contribution >= 4 is 0 Å². The lowest BCUT2D eigenvalue weighted by Crippen LogP contribution is -2.60. The van der Waals surface area contributed by atoms with Gasteiger partial charge in [0.15, 0.2) is 0 Å². The number of benzene rings is 1. The summed E-state index contributed by atoms with van der Waals surface area (Å²) >= 11 is 0. The maximum absolute atomic E-state index is 6.43. The van der Waals surface area contributed by atoms with E-state index in [9.17, 15) is 0 Å². The van der Waals surface area contributed by atoms with Crippen LogP contribution in [0.15, 0.2) is 24.3 Å². The fraction of sp³-hybridized carbons (Fsp3) is 0.684. The first-order chi connectivity index (χ1) is 10.3. The van der Waals surface area contributed by atoms with Crippen LogP contribution in [0.3, 0.4) is 0 Å². The minimum absolute atomic E-state index is 0.240. The van der Waals surface area contributed by atoms with Gasteiger partial charge in [-0.15, -0.1) is 0 Å². The summed E-state index contributed by atoms with van der Waals surface area (Å²) in [6, 6.07) is 9.08. The molecule has 1 aromatic carbocycles. The summed E-state index contributed by atoms with van der Waals surface area (Å²) in [5.74, 6) is 1.48. The van der Waals surface area contributed by atoms with Crippen molar-refractivity contribution in [3.8, 4) is 0 Å². The smallest absolute Gasteiger partial charge is 0.0394 e. The molecule has 2 heteroatoms. The number of hydrogen-bond donors (Lipinski definition) is 1. The van der Waals surface area contributed by atoms with E-state index in [4.69, 9.17) is 5.73 Å². The maximum atomic E-state index is 6.43. The second kappa shape index (κ2) is 6.10. The first-order valence-electron chi connectivity index (χ1n) is 8.78. The zero-order valence-electron chi connectivity index (χ0n) is 13.6. The number of nitrogens with zero attached hydrogens (tertiary/aromatic N) is 1. The van der Waals surface area contributed by atoms with E-state index in [1.807, 2.05) is 0 Å². The van der Waals surface area contributed by atoms with E-state index < -0.39 is 0 Å². The molecule has 21 heavy (non-hydrogen) atoms. The van der Waals surface area contributed by atoms with Gasteiger partial charge in [-0.25, -0.2) is 0 Å². The van der Waals surface area contributed by atoms with E-state index in [0.717, 1.165) is 24.9 Å². The average Bonchev–Trinajstić information content (AvgIpc) is 2.76. The first-order valence-corrected chi connectivity index (χ1v) is 8.78. The molecule has 2 aliphatic rings. The van der Waals surface area contributed by atoms with Crippen molar-refractivity contribution in [2.24, 2.45) is 17.6 Å². The maximum Gasteiger partial charge on any atom is 0.0394 e. The molecule has 2 bridgehead atoms. The minimum atomic E-state index is 0.240. The van der Waals surface area contributed by atoms with Crippen molar-refractivity contribution in [2.75, 3.05) is 19.6 Å². The molecule has 0 aromatic heterocycles. The number of rotatable bonds is 5. The Labute approximate surface area is 129 Å². The summed E-state index contributed by atoms with van der Waals surface area (Å²) in [6.45, 7) is 7.75. The zero-order valence-corrected chi connectivity index (χ0v) is 13.6. The Balaban J connectivity index is 1.99. The van der Waals surface area contributed by atoms with Crippen LogP contribution in [0.2, 0.25) is 0 Å². The van der Waals surface area contributed by atoms with E-state index in [-0.39, 0.29) is 5.54 Å². The van der Waals surface area contributed by atoms with E-state index >= 15 is 0 Å². The third kappa shape index (κ3) is 2.33. The average molecular weight is 286 g/mol. The molecule has 1 saturated carbocycles. The summed E-state index contributed by atoms with van der Waals surface area (Å²) < 4.78 is 0. The van der Waals surface area contributed by atoms with Crippen LogP contribution in [0.5, 0.6) is 0 Å². The van der Waals surface area contributed by atoms with Crippen molar-refractivity contribution in [1.82, 2.24) is 4.90 Å². The lowest BCUT2D eigenvalue weighted by molar-refractivity contribution is 0.0275. The predicted molar refractivity (Wildman–Crippen MR) is 89.4 cm³/mol. The van der Waals surface area contributed by atoms with E-state index in [1.54, 1.807) is 11.1 Å². The molecule has 0 radical (unpaired) electrons. The zero-order chi connectivity index (χ0) is 14.9. The molecule has 2 N–H and O–H groups in total. The third-order valence-electron chi connectivity index (χ3n) is 6.12. The Morgan fingerprint density at radius 3 is 2.10 bits per heavy atom. The third-order valence-corrected chi connectivity index (χ3v) is 6.12. The Hall–Kier alpha value is -0.860. The second-order valence-corrected chi connectivity index (χ2v) is 6.92. The van der Waals surface area contributed by atoms with Crippen LogP contribution in [0.1, 0.15) is 44.2 Å². The Kier molecular flexibility index (Phi) is 4.37. The molecule has 1 fully saturated rings. The Morgan fingerprint density at radius 1 is 1.10 bits per heavy atom. The SMILES string of the molecule is CCCN(CC)C1(CN)C2CCC1Cc1ccccc1C2. The summed E-state index contributed by atoms with van der Waals surface area (Å²) in [7, 11) is 0. The molecular formula is C19H30N2. The number of hydrogen-bond acceptors (Lipinski definition) is 2. The van der Waals surface area contributed by atoms with Crippen molar-refractivity contribution in [3.63, 3.8) is 0 Å². The minimum Gasteiger partial charge on any atom is -0.329 e. The standard InChI is InChI=1S/C19H30N2/c1-3-11-21(4-2)19(14-20)17-9-10-18(19)13-16-8-6-5-7-15(16)12-17/h5-8,17-18H,3-4,9-14,20H2,1-2H3. The molecule has 3 rings (SSSR count). The van der Waals surface area contributed by atoms with Crippen LogP contribution in [0.4, 0.5) is 0 Å². The van der Waals surface area contributed by atoms with Crippen LogP contribution >= 0.6 is 0 Å². The molecule has 2 nitrogen and oxygen atoms in total. The lowest BCUT2D eigenvalue weighted by Gasteiger charge is -2.47. The van der Waals surface area contributed by atoms with Crippen LogP contribution in [0.25, 0.3) is 0 Å². The van der Waals surface area contributed by atoms with E-state index in [0.29, 0.717) is 0 Å². The van der Waals surface area contributed by atoms with Gasteiger partial charge in [0.05, 0.1) is 0 Å². The van der Waals surface area contributed by atoms with Gasteiger partial charge in [0.2, 0.25) is 0 Å². The quantitative estimate of drug-likeness (QED) is 0.900. The van der Waals surface area contributed by atoms with Gasteiger partial charge in [0, 0.05) is 12.1 Å². The van der Waals surface area contributed by atoms with Gasteiger partial charge in [-0.1, -0.05) is 38.1 Å². The molecule has 2 unspecified atom stereocenters. The van der Waals surface area contributed by atoms with Gasteiger partial charge < -0.3 is 5.73 Å². The normalized spacial score (nSPS) is 31.2. The summed E-state index contributed by atoms with van der Waals surface area (Å²) in [5, 5.41) is 0. The van der Waals surface area contributed by atoms with Crippen molar-refractivity contribution in [3.05, 3.63) is 35.4 Å². The first kappa shape index (κ1) is 15.1. The second-order valence-electron chi connectivity index (χ2n) is 6.92. The van der Waals surface area contributed by atoms with Gasteiger partial charge in [0.25, 0.3) is 0 Å². The Morgan fingerprint density at radius 2 is 1.67 bits per heavy atom. The monoisotopic (exact) mass is 286 g/mol. The summed E-state index contributed by atoms with van der Waals surface area (Å²) in [6.07, 6.45) is 6.39. The molecule has 0 amide bonds. The van der Waals surface area contributed by atoms with Gasteiger partial charge >= 0.3 is 0 Å². The molecule has 0 saturated heterocycles. The highest BCUT2D eigenvalue weighted by Crippen LogP contribution is 2.49. The predicted octanol–water partition coefficient (Wildman–Crippen LogP) is 3.24. The molecule has 2 aliphatic carbocycles. The number of likely N-dealkylation sites (N-methyl/N-ethyl adjacent to an activating group) is 1. The highest BCUT2D eigenvalue weighted by Gasteiger charge is 2.53. The van der Waals surface area contributed by atoms with Gasteiger partial charge in [0.1, 0.15) is 0 Å². The van der Waals surface area contributed by atoms with E-state index in [2.05, 4.69) is 43.0 Å².